The maximum Gasteiger partial charge on any atom is 0.268 e. The van der Waals surface area contributed by atoms with Crippen LogP contribution in [0.5, 0.6) is 0 Å². The molecule has 1 aromatic carbocycles. The molecule has 5 heteroatoms. The number of benzene rings is 1. The van der Waals surface area contributed by atoms with Gasteiger partial charge in [0.2, 0.25) is 0 Å². The first-order valence-electron chi connectivity index (χ1n) is 7.48. The number of hydrogen-bond donors (Lipinski definition) is 0. The van der Waals surface area contributed by atoms with Crippen molar-refractivity contribution in [3.8, 4) is 11.8 Å². The number of carbonyl (C=O) groups is 1. The molecule has 0 N–H and O–H groups in total. The quantitative estimate of drug-likeness (QED) is 0.480. The summed E-state index contributed by atoms with van der Waals surface area (Å²) in [6, 6.07) is 8.08. The summed E-state index contributed by atoms with van der Waals surface area (Å²) in [6.07, 6.45) is 4.66. The minimum atomic E-state index is -3.80. The van der Waals surface area contributed by atoms with E-state index in [9.17, 15) is 13.2 Å². The maximum absolute atomic E-state index is 12.7. The largest absolute Gasteiger partial charge is 0.296 e. The van der Waals surface area contributed by atoms with E-state index in [0.29, 0.717) is 11.8 Å². The van der Waals surface area contributed by atoms with Crippen LogP contribution in [0.3, 0.4) is 0 Å². The molecule has 0 saturated heterocycles. The average Bonchev–Trinajstić information content (AvgIpc) is 2.95. The lowest BCUT2D eigenvalue weighted by Gasteiger charge is -2.08. The van der Waals surface area contributed by atoms with Gasteiger partial charge in [-0.2, -0.15) is 0 Å². The second-order valence-corrected chi connectivity index (χ2v) is 7.07. The lowest BCUT2D eigenvalue weighted by atomic mass is 10.2. The van der Waals surface area contributed by atoms with Gasteiger partial charge >= 0.3 is 0 Å². The molecule has 0 aliphatic rings. The average molecular weight is 329 g/mol. The third-order valence-corrected chi connectivity index (χ3v) is 5.16. The molecule has 23 heavy (non-hydrogen) atoms. The Balaban J connectivity index is 2.43. The molecule has 2 rings (SSSR count). The molecule has 0 aliphatic carbocycles. The van der Waals surface area contributed by atoms with Crippen molar-refractivity contribution in [3.05, 3.63) is 53.3 Å². The molecule has 0 amide bonds. The van der Waals surface area contributed by atoms with Crippen molar-refractivity contribution in [1.29, 1.82) is 0 Å². The first-order valence-corrected chi connectivity index (χ1v) is 8.92. The zero-order valence-electron chi connectivity index (χ0n) is 13.2. The number of aromatic nitrogens is 1. The highest BCUT2D eigenvalue weighted by Crippen LogP contribution is 2.19. The normalized spacial score (nSPS) is 10.9. The van der Waals surface area contributed by atoms with Crippen molar-refractivity contribution in [2.75, 3.05) is 0 Å². The highest BCUT2D eigenvalue weighted by Gasteiger charge is 2.21. The van der Waals surface area contributed by atoms with E-state index in [4.69, 9.17) is 0 Å². The van der Waals surface area contributed by atoms with Gasteiger partial charge in [-0.05, 0) is 31.5 Å². The summed E-state index contributed by atoms with van der Waals surface area (Å²) in [5.41, 5.74) is 1.47. The molecule has 0 unspecified atom stereocenters. The Morgan fingerprint density at radius 3 is 2.48 bits per heavy atom. The van der Waals surface area contributed by atoms with E-state index in [-0.39, 0.29) is 10.6 Å². The van der Waals surface area contributed by atoms with Crippen LogP contribution in [0, 0.1) is 18.8 Å². The highest BCUT2D eigenvalue weighted by atomic mass is 32.2. The number of rotatable bonds is 5. The fraction of sp³-hybridized carbons (Fsp3) is 0.278. The number of aryl methyl sites for hydroxylation is 1. The van der Waals surface area contributed by atoms with Gasteiger partial charge in [-0.15, -0.1) is 0 Å². The van der Waals surface area contributed by atoms with Crippen molar-refractivity contribution in [3.63, 3.8) is 0 Å². The van der Waals surface area contributed by atoms with Crippen LogP contribution >= 0.6 is 0 Å². The fourth-order valence-electron chi connectivity index (χ4n) is 2.10. The summed E-state index contributed by atoms with van der Waals surface area (Å²) in [5.74, 6) is 5.86. The second-order valence-electron chi connectivity index (χ2n) is 5.25. The second kappa shape index (κ2) is 7.30. The zero-order valence-corrected chi connectivity index (χ0v) is 14.1. The summed E-state index contributed by atoms with van der Waals surface area (Å²) in [5, 5.41) is 0. The summed E-state index contributed by atoms with van der Waals surface area (Å²) in [4.78, 5) is 11.5. The lowest BCUT2D eigenvalue weighted by Crippen LogP contribution is -2.15. The fourth-order valence-corrected chi connectivity index (χ4v) is 3.43. The number of carbonyl (C=O) groups excluding carboxylic acids is 1. The van der Waals surface area contributed by atoms with Crippen molar-refractivity contribution in [2.24, 2.45) is 0 Å². The zero-order chi connectivity index (χ0) is 16.9. The molecular formula is C18H19NO3S. The molecule has 2 aromatic rings. The van der Waals surface area contributed by atoms with Gasteiger partial charge in [0.05, 0.1) is 10.5 Å². The van der Waals surface area contributed by atoms with E-state index in [0.717, 1.165) is 28.8 Å². The van der Waals surface area contributed by atoms with Crippen LogP contribution < -0.4 is 0 Å². The molecule has 0 fully saturated rings. The molecule has 1 heterocycles. The Hall–Kier alpha value is -2.32. The standard InChI is InChI=1S/C18H19NO3S/c1-3-4-5-6-7-16-12-13-19(18(16)14-20)23(21,22)17-10-8-15(2)9-11-17/h8-14H,3-5H2,1-2H3. The van der Waals surface area contributed by atoms with E-state index < -0.39 is 10.0 Å². The van der Waals surface area contributed by atoms with Crippen LogP contribution in [0.25, 0.3) is 0 Å². The maximum atomic E-state index is 12.7. The Kier molecular flexibility index (Phi) is 5.41. The predicted octanol–water partition coefficient (Wildman–Crippen LogP) is 3.39. The van der Waals surface area contributed by atoms with Gasteiger partial charge in [0, 0.05) is 12.6 Å². The third kappa shape index (κ3) is 3.72. The van der Waals surface area contributed by atoms with Crippen molar-refractivity contribution >= 4 is 16.3 Å². The topological polar surface area (TPSA) is 56.1 Å². The Morgan fingerprint density at radius 2 is 1.87 bits per heavy atom. The van der Waals surface area contributed by atoms with Crippen LogP contribution in [0.1, 0.15) is 47.8 Å². The van der Waals surface area contributed by atoms with Crippen molar-refractivity contribution < 1.29 is 13.2 Å². The van der Waals surface area contributed by atoms with Gasteiger partial charge in [0.1, 0.15) is 5.69 Å². The summed E-state index contributed by atoms with van der Waals surface area (Å²) in [6.45, 7) is 3.95. The molecule has 0 spiro atoms. The molecule has 0 aliphatic heterocycles. The predicted molar refractivity (Wildman–Crippen MR) is 90.0 cm³/mol. The highest BCUT2D eigenvalue weighted by molar-refractivity contribution is 7.90. The molecular weight excluding hydrogens is 310 g/mol. The van der Waals surface area contributed by atoms with Crippen LogP contribution in [0.2, 0.25) is 0 Å². The van der Waals surface area contributed by atoms with Gasteiger partial charge in [0.25, 0.3) is 10.0 Å². The van der Waals surface area contributed by atoms with Gasteiger partial charge in [-0.3, -0.25) is 4.79 Å². The van der Waals surface area contributed by atoms with Crippen molar-refractivity contribution in [1.82, 2.24) is 3.97 Å². The number of unbranched alkanes of at least 4 members (excludes halogenated alkanes) is 2. The summed E-state index contributed by atoms with van der Waals surface area (Å²) < 4.78 is 26.3. The minimum Gasteiger partial charge on any atom is -0.296 e. The molecule has 4 nitrogen and oxygen atoms in total. The van der Waals surface area contributed by atoms with Gasteiger partial charge in [-0.25, -0.2) is 12.4 Å². The van der Waals surface area contributed by atoms with Crippen LogP contribution in [-0.2, 0) is 10.0 Å². The number of nitrogens with zero attached hydrogens (tertiary/aromatic N) is 1. The number of hydrogen-bond acceptors (Lipinski definition) is 3. The minimum absolute atomic E-state index is 0.0644. The van der Waals surface area contributed by atoms with Crippen LogP contribution in [-0.4, -0.2) is 18.7 Å². The van der Waals surface area contributed by atoms with Gasteiger partial charge in [0.15, 0.2) is 6.29 Å². The van der Waals surface area contributed by atoms with E-state index in [1.165, 1.54) is 18.3 Å². The smallest absolute Gasteiger partial charge is 0.268 e. The van der Waals surface area contributed by atoms with Crippen LogP contribution in [0.15, 0.2) is 41.4 Å². The van der Waals surface area contributed by atoms with E-state index in [1.807, 2.05) is 6.92 Å². The van der Waals surface area contributed by atoms with E-state index in [2.05, 4.69) is 18.8 Å². The van der Waals surface area contributed by atoms with Crippen LogP contribution in [0.4, 0.5) is 0 Å². The monoisotopic (exact) mass is 329 g/mol. The Bertz CT molecular complexity index is 850. The molecule has 0 bridgehead atoms. The van der Waals surface area contributed by atoms with E-state index in [1.54, 1.807) is 18.2 Å². The molecule has 0 radical (unpaired) electrons. The first kappa shape index (κ1) is 17.0. The van der Waals surface area contributed by atoms with Gasteiger partial charge < -0.3 is 0 Å². The molecule has 0 saturated carbocycles. The van der Waals surface area contributed by atoms with Gasteiger partial charge in [-0.1, -0.05) is 42.9 Å². The van der Waals surface area contributed by atoms with Crippen molar-refractivity contribution in [2.45, 2.75) is 38.0 Å². The lowest BCUT2D eigenvalue weighted by molar-refractivity contribution is 0.111. The Labute approximate surface area is 137 Å². The first-order chi connectivity index (χ1) is 11.0. The number of aldehydes is 1. The molecule has 120 valence electrons. The SMILES string of the molecule is CCCCC#Cc1ccn(S(=O)(=O)c2ccc(C)cc2)c1C=O. The summed E-state index contributed by atoms with van der Waals surface area (Å²) >= 11 is 0. The van der Waals surface area contributed by atoms with E-state index >= 15 is 0 Å². The molecule has 1 aromatic heterocycles. The Morgan fingerprint density at radius 1 is 1.17 bits per heavy atom. The summed E-state index contributed by atoms with van der Waals surface area (Å²) in [7, 11) is -3.80. The third-order valence-electron chi connectivity index (χ3n) is 3.46. The molecule has 0 atom stereocenters.